The van der Waals surface area contributed by atoms with Crippen LogP contribution in [0.1, 0.15) is 34.3 Å². The monoisotopic (exact) mass is 341 g/mol. The molecule has 2 aromatic rings. The molecule has 0 saturated carbocycles. The van der Waals surface area contributed by atoms with Crippen LogP contribution in [0.3, 0.4) is 0 Å². The Morgan fingerprint density at radius 1 is 1.20 bits per heavy atom. The van der Waals surface area contributed by atoms with Gasteiger partial charge in [0.15, 0.2) is 0 Å². The minimum atomic E-state index is -0.914. The van der Waals surface area contributed by atoms with E-state index < -0.39 is 5.60 Å². The Kier molecular flexibility index (Phi) is 4.99. The number of ether oxygens (including phenoxy) is 1. The van der Waals surface area contributed by atoms with Crippen LogP contribution in [0.4, 0.5) is 0 Å². The molecule has 6 nitrogen and oxygen atoms in total. The highest BCUT2D eigenvalue weighted by molar-refractivity contribution is 5.93. The fourth-order valence-corrected chi connectivity index (χ4v) is 2.88. The van der Waals surface area contributed by atoms with Crippen LogP contribution >= 0.6 is 0 Å². The van der Waals surface area contributed by atoms with E-state index in [-0.39, 0.29) is 12.5 Å². The Morgan fingerprint density at radius 2 is 1.88 bits per heavy atom. The summed E-state index contributed by atoms with van der Waals surface area (Å²) < 4.78 is 5.79. The maximum Gasteiger partial charge on any atom is 0.256 e. The van der Waals surface area contributed by atoms with E-state index in [1.807, 2.05) is 25.1 Å². The largest absolute Gasteiger partial charge is 0.491 e. The van der Waals surface area contributed by atoms with Gasteiger partial charge in [-0.15, -0.1) is 0 Å². The molecule has 3 rings (SSSR count). The van der Waals surface area contributed by atoms with Crippen molar-refractivity contribution in [2.24, 2.45) is 0 Å². The quantitative estimate of drug-likeness (QED) is 0.922. The van der Waals surface area contributed by atoms with Gasteiger partial charge in [0.25, 0.3) is 5.91 Å². The summed E-state index contributed by atoms with van der Waals surface area (Å²) in [5, 5.41) is 10.7. The van der Waals surface area contributed by atoms with E-state index in [1.54, 1.807) is 4.90 Å². The van der Waals surface area contributed by atoms with Gasteiger partial charge in [0, 0.05) is 25.5 Å². The molecule has 1 amide bonds. The first-order chi connectivity index (χ1) is 12.0. The highest BCUT2D eigenvalue weighted by Gasteiger charge is 2.35. The predicted molar refractivity (Wildman–Crippen MR) is 93.5 cm³/mol. The summed E-state index contributed by atoms with van der Waals surface area (Å²) in [6.07, 6.45) is 5.39. The third-order valence-corrected chi connectivity index (χ3v) is 4.77. The molecule has 132 valence electrons. The number of rotatable bonds is 4. The molecule has 1 aliphatic rings. The van der Waals surface area contributed by atoms with Gasteiger partial charge in [-0.3, -0.25) is 4.79 Å². The fraction of sp³-hybridized carbons (Fsp3) is 0.421. The van der Waals surface area contributed by atoms with Crippen molar-refractivity contribution in [1.29, 1.82) is 0 Å². The molecule has 2 heterocycles. The zero-order valence-electron chi connectivity index (χ0n) is 14.6. The number of aromatic nitrogens is 2. The summed E-state index contributed by atoms with van der Waals surface area (Å²) in [5.74, 6) is 0.661. The van der Waals surface area contributed by atoms with E-state index in [0.717, 1.165) is 11.3 Å². The van der Waals surface area contributed by atoms with Gasteiger partial charge in [-0.25, -0.2) is 9.97 Å². The lowest BCUT2D eigenvalue weighted by Crippen LogP contribution is -2.49. The summed E-state index contributed by atoms with van der Waals surface area (Å²) >= 11 is 0. The third kappa shape index (κ3) is 4.14. The average molecular weight is 341 g/mol. The molecule has 0 radical (unpaired) electrons. The Labute approximate surface area is 147 Å². The van der Waals surface area contributed by atoms with Crippen molar-refractivity contribution in [3.63, 3.8) is 0 Å². The standard InChI is InChI=1S/C19H23N3O3/c1-14-3-4-17(9-15(14)2)25-12-19(24)5-7-22(8-6-19)18(23)16-10-20-13-21-11-16/h3-4,9-11,13,24H,5-8,12H2,1-2H3. The lowest BCUT2D eigenvalue weighted by atomic mass is 9.92. The number of hydrogen-bond donors (Lipinski definition) is 1. The Bertz CT molecular complexity index is 741. The second-order valence-electron chi connectivity index (χ2n) is 6.68. The number of nitrogens with zero attached hydrogens (tertiary/aromatic N) is 3. The number of likely N-dealkylation sites (tertiary alicyclic amines) is 1. The molecule has 1 aliphatic heterocycles. The van der Waals surface area contributed by atoms with E-state index in [2.05, 4.69) is 16.9 Å². The fourth-order valence-electron chi connectivity index (χ4n) is 2.88. The van der Waals surface area contributed by atoms with E-state index in [4.69, 9.17) is 4.74 Å². The average Bonchev–Trinajstić information content (AvgIpc) is 2.64. The van der Waals surface area contributed by atoms with Gasteiger partial charge < -0.3 is 14.7 Å². The summed E-state index contributed by atoms with van der Waals surface area (Å²) in [7, 11) is 0. The molecule has 1 fully saturated rings. The molecular weight excluding hydrogens is 318 g/mol. The smallest absolute Gasteiger partial charge is 0.256 e. The summed E-state index contributed by atoms with van der Waals surface area (Å²) in [6.45, 7) is 5.29. The van der Waals surface area contributed by atoms with Crippen LogP contribution in [0.15, 0.2) is 36.9 Å². The lowest BCUT2D eigenvalue weighted by molar-refractivity contribution is -0.0475. The number of carbonyl (C=O) groups excluding carboxylic acids is 1. The van der Waals surface area contributed by atoms with Gasteiger partial charge in [-0.2, -0.15) is 0 Å². The Morgan fingerprint density at radius 3 is 2.52 bits per heavy atom. The number of piperidine rings is 1. The molecule has 0 spiro atoms. The maximum atomic E-state index is 12.4. The van der Waals surface area contributed by atoms with Crippen molar-refractivity contribution in [3.8, 4) is 5.75 Å². The zero-order valence-corrected chi connectivity index (χ0v) is 14.6. The van der Waals surface area contributed by atoms with Crippen LogP contribution in [0.25, 0.3) is 0 Å². The molecule has 1 N–H and O–H groups in total. The van der Waals surface area contributed by atoms with Crippen LogP contribution in [0.2, 0.25) is 0 Å². The Hall–Kier alpha value is -2.47. The SMILES string of the molecule is Cc1ccc(OCC2(O)CCN(C(=O)c3cncnc3)CC2)cc1C. The number of benzene rings is 1. The first-order valence-electron chi connectivity index (χ1n) is 8.44. The van der Waals surface area contributed by atoms with Crippen molar-refractivity contribution in [2.75, 3.05) is 19.7 Å². The van der Waals surface area contributed by atoms with Gasteiger partial charge >= 0.3 is 0 Å². The number of aryl methyl sites for hydroxylation is 2. The normalized spacial score (nSPS) is 16.5. The van der Waals surface area contributed by atoms with E-state index in [9.17, 15) is 9.90 Å². The van der Waals surface area contributed by atoms with E-state index in [1.165, 1.54) is 24.3 Å². The van der Waals surface area contributed by atoms with Gasteiger partial charge in [0.05, 0.1) is 5.56 Å². The lowest BCUT2D eigenvalue weighted by Gasteiger charge is -2.37. The summed E-state index contributed by atoms with van der Waals surface area (Å²) in [5.41, 5.74) is 1.93. The third-order valence-electron chi connectivity index (χ3n) is 4.77. The molecule has 1 saturated heterocycles. The predicted octanol–water partition coefficient (Wildman–Crippen LogP) is 2.14. The topological polar surface area (TPSA) is 75.6 Å². The molecule has 1 aromatic heterocycles. The van der Waals surface area contributed by atoms with Crippen molar-refractivity contribution >= 4 is 5.91 Å². The molecule has 6 heteroatoms. The minimum Gasteiger partial charge on any atom is -0.491 e. The molecule has 0 aliphatic carbocycles. The van der Waals surface area contributed by atoms with Crippen LogP contribution in [-0.2, 0) is 0 Å². The van der Waals surface area contributed by atoms with Gasteiger partial charge in [-0.05, 0) is 49.9 Å². The van der Waals surface area contributed by atoms with Crippen LogP contribution in [0.5, 0.6) is 5.75 Å². The zero-order chi connectivity index (χ0) is 17.9. The van der Waals surface area contributed by atoms with Crippen LogP contribution in [-0.4, -0.2) is 51.2 Å². The highest BCUT2D eigenvalue weighted by atomic mass is 16.5. The highest BCUT2D eigenvalue weighted by Crippen LogP contribution is 2.25. The molecule has 0 atom stereocenters. The molecule has 0 bridgehead atoms. The first kappa shape index (κ1) is 17.4. The maximum absolute atomic E-state index is 12.4. The van der Waals surface area contributed by atoms with Crippen molar-refractivity contribution in [1.82, 2.24) is 14.9 Å². The second kappa shape index (κ2) is 7.19. The first-order valence-corrected chi connectivity index (χ1v) is 8.44. The van der Waals surface area contributed by atoms with Gasteiger partial charge in [0.1, 0.15) is 24.3 Å². The Balaban J connectivity index is 1.55. The molecule has 0 unspecified atom stereocenters. The molecule has 25 heavy (non-hydrogen) atoms. The van der Waals surface area contributed by atoms with E-state index in [0.29, 0.717) is 31.5 Å². The van der Waals surface area contributed by atoms with Gasteiger partial charge in [0.2, 0.25) is 0 Å². The van der Waals surface area contributed by atoms with E-state index >= 15 is 0 Å². The number of amides is 1. The van der Waals surface area contributed by atoms with Crippen molar-refractivity contribution in [3.05, 3.63) is 53.6 Å². The number of carbonyl (C=O) groups is 1. The van der Waals surface area contributed by atoms with Crippen LogP contribution in [0, 0.1) is 13.8 Å². The minimum absolute atomic E-state index is 0.0993. The molecular formula is C19H23N3O3. The van der Waals surface area contributed by atoms with Crippen molar-refractivity contribution in [2.45, 2.75) is 32.3 Å². The number of aliphatic hydroxyl groups is 1. The number of hydrogen-bond acceptors (Lipinski definition) is 5. The second-order valence-corrected chi connectivity index (χ2v) is 6.68. The molecule has 1 aromatic carbocycles. The summed E-state index contributed by atoms with van der Waals surface area (Å²) in [4.78, 5) is 21.9. The van der Waals surface area contributed by atoms with Gasteiger partial charge in [-0.1, -0.05) is 6.07 Å². The summed E-state index contributed by atoms with van der Waals surface area (Å²) in [6, 6.07) is 5.91. The van der Waals surface area contributed by atoms with Crippen LogP contribution < -0.4 is 4.74 Å². The van der Waals surface area contributed by atoms with Crippen molar-refractivity contribution < 1.29 is 14.6 Å².